The Morgan fingerprint density at radius 3 is 2.72 bits per heavy atom. The maximum Gasteiger partial charge on any atom is 0.257 e. The SMILES string of the molecule is O=C(NC(=S)NC1CCCC1)c1cccc(I)c1. The van der Waals surface area contributed by atoms with E-state index in [4.69, 9.17) is 12.2 Å². The van der Waals surface area contributed by atoms with Crippen LogP contribution in [0.4, 0.5) is 0 Å². The Bertz CT molecular complexity index is 458. The van der Waals surface area contributed by atoms with Gasteiger partial charge in [-0.25, -0.2) is 0 Å². The highest BCUT2D eigenvalue weighted by molar-refractivity contribution is 14.1. The minimum absolute atomic E-state index is 0.149. The van der Waals surface area contributed by atoms with Gasteiger partial charge in [-0.1, -0.05) is 18.9 Å². The molecule has 96 valence electrons. The van der Waals surface area contributed by atoms with Gasteiger partial charge in [0.05, 0.1) is 0 Å². The quantitative estimate of drug-likeness (QED) is 0.618. The number of carbonyl (C=O) groups excluding carboxylic acids is 1. The zero-order valence-corrected chi connectivity index (χ0v) is 12.9. The lowest BCUT2D eigenvalue weighted by Crippen LogP contribution is -2.43. The molecule has 0 spiro atoms. The predicted molar refractivity (Wildman–Crippen MR) is 84.6 cm³/mol. The predicted octanol–water partition coefficient (Wildman–Crippen LogP) is 2.84. The van der Waals surface area contributed by atoms with Crippen LogP contribution in [-0.4, -0.2) is 17.1 Å². The summed E-state index contributed by atoms with van der Waals surface area (Å²) in [6.45, 7) is 0. The molecule has 1 amide bonds. The van der Waals surface area contributed by atoms with Gasteiger partial charge in [0, 0.05) is 15.2 Å². The van der Waals surface area contributed by atoms with E-state index in [0.29, 0.717) is 16.7 Å². The minimum atomic E-state index is -0.149. The summed E-state index contributed by atoms with van der Waals surface area (Å²) in [5.74, 6) is -0.149. The number of amides is 1. The summed E-state index contributed by atoms with van der Waals surface area (Å²) in [6.07, 6.45) is 4.76. The lowest BCUT2D eigenvalue weighted by atomic mass is 10.2. The van der Waals surface area contributed by atoms with Crippen LogP contribution >= 0.6 is 34.8 Å². The third-order valence-electron chi connectivity index (χ3n) is 3.00. The van der Waals surface area contributed by atoms with E-state index in [-0.39, 0.29) is 5.91 Å². The van der Waals surface area contributed by atoms with Gasteiger partial charge >= 0.3 is 0 Å². The van der Waals surface area contributed by atoms with E-state index in [1.54, 1.807) is 6.07 Å². The van der Waals surface area contributed by atoms with Gasteiger partial charge in [0.2, 0.25) is 0 Å². The van der Waals surface area contributed by atoms with Crippen LogP contribution in [0.3, 0.4) is 0 Å². The highest BCUT2D eigenvalue weighted by Gasteiger charge is 2.16. The highest BCUT2D eigenvalue weighted by atomic mass is 127. The van der Waals surface area contributed by atoms with Crippen molar-refractivity contribution in [2.45, 2.75) is 31.7 Å². The molecule has 1 aromatic rings. The first-order chi connectivity index (χ1) is 8.65. The maximum absolute atomic E-state index is 11.9. The van der Waals surface area contributed by atoms with Gasteiger partial charge in [0.15, 0.2) is 5.11 Å². The molecule has 2 rings (SSSR count). The van der Waals surface area contributed by atoms with Gasteiger partial charge in [-0.15, -0.1) is 0 Å². The fourth-order valence-corrected chi connectivity index (χ4v) is 2.90. The van der Waals surface area contributed by atoms with Gasteiger partial charge in [0.1, 0.15) is 0 Å². The Labute approximate surface area is 126 Å². The molecule has 1 aliphatic rings. The normalized spacial score (nSPS) is 15.4. The molecule has 0 unspecified atom stereocenters. The van der Waals surface area contributed by atoms with Crippen LogP contribution in [0, 0.1) is 3.57 Å². The van der Waals surface area contributed by atoms with Crippen LogP contribution < -0.4 is 10.6 Å². The van der Waals surface area contributed by atoms with E-state index in [9.17, 15) is 4.79 Å². The third kappa shape index (κ3) is 3.91. The van der Waals surface area contributed by atoms with Crippen LogP contribution in [0.25, 0.3) is 0 Å². The Morgan fingerprint density at radius 2 is 2.06 bits per heavy atom. The topological polar surface area (TPSA) is 41.1 Å². The lowest BCUT2D eigenvalue weighted by molar-refractivity contribution is 0.0976. The molecule has 18 heavy (non-hydrogen) atoms. The molecule has 2 N–H and O–H groups in total. The Kier molecular flexibility index (Phi) is 4.94. The Morgan fingerprint density at radius 1 is 1.33 bits per heavy atom. The van der Waals surface area contributed by atoms with Crippen LogP contribution in [0.15, 0.2) is 24.3 Å². The van der Waals surface area contributed by atoms with Gasteiger partial charge < -0.3 is 5.32 Å². The molecule has 5 heteroatoms. The van der Waals surface area contributed by atoms with E-state index in [1.165, 1.54) is 12.8 Å². The molecule has 0 aliphatic heterocycles. The number of hydrogen-bond donors (Lipinski definition) is 2. The van der Waals surface area contributed by atoms with E-state index in [1.807, 2.05) is 18.2 Å². The van der Waals surface area contributed by atoms with Crippen molar-refractivity contribution in [1.82, 2.24) is 10.6 Å². The minimum Gasteiger partial charge on any atom is -0.360 e. The molecule has 0 heterocycles. The summed E-state index contributed by atoms with van der Waals surface area (Å²) in [5, 5.41) is 6.36. The standard InChI is InChI=1S/C13H15IN2OS/c14-10-5-3-4-9(8-10)12(17)16-13(18)15-11-6-1-2-7-11/h3-5,8,11H,1-2,6-7H2,(H2,15,16,17,18). The van der Waals surface area contributed by atoms with Crippen molar-refractivity contribution in [1.29, 1.82) is 0 Å². The molecular formula is C13H15IN2OS. The molecule has 0 aromatic heterocycles. The van der Waals surface area contributed by atoms with Crippen LogP contribution in [0.1, 0.15) is 36.0 Å². The van der Waals surface area contributed by atoms with E-state index < -0.39 is 0 Å². The van der Waals surface area contributed by atoms with Crippen LogP contribution in [0.2, 0.25) is 0 Å². The summed E-state index contributed by atoms with van der Waals surface area (Å²) in [5.41, 5.74) is 0.637. The molecule has 3 nitrogen and oxygen atoms in total. The number of benzene rings is 1. The van der Waals surface area contributed by atoms with Crippen LogP contribution in [0.5, 0.6) is 0 Å². The van der Waals surface area contributed by atoms with E-state index in [2.05, 4.69) is 33.2 Å². The fraction of sp³-hybridized carbons (Fsp3) is 0.385. The van der Waals surface area contributed by atoms with Crippen molar-refractivity contribution in [3.05, 3.63) is 33.4 Å². The number of hydrogen-bond acceptors (Lipinski definition) is 2. The number of nitrogens with one attached hydrogen (secondary N) is 2. The van der Waals surface area contributed by atoms with Crippen molar-refractivity contribution in [3.8, 4) is 0 Å². The average Bonchev–Trinajstić information content (AvgIpc) is 2.81. The Hall–Kier alpha value is -0.690. The van der Waals surface area contributed by atoms with Crippen LogP contribution in [-0.2, 0) is 0 Å². The molecule has 0 atom stereocenters. The van der Waals surface area contributed by atoms with Crippen molar-refractivity contribution < 1.29 is 4.79 Å². The number of carbonyl (C=O) groups is 1. The van der Waals surface area contributed by atoms with Crippen molar-refractivity contribution in [2.75, 3.05) is 0 Å². The maximum atomic E-state index is 11.9. The van der Waals surface area contributed by atoms with E-state index in [0.717, 1.165) is 16.4 Å². The van der Waals surface area contributed by atoms with Gasteiger partial charge in [-0.05, 0) is 65.8 Å². The average molecular weight is 374 g/mol. The van der Waals surface area contributed by atoms with Crippen molar-refractivity contribution in [2.24, 2.45) is 0 Å². The summed E-state index contributed by atoms with van der Waals surface area (Å²) in [6, 6.07) is 7.87. The summed E-state index contributed by atoms with van der Waals surface area (Å²) < 4.78 is 1.04. The largest absolute Gasteiger partial charge is 0.360 e. The van der Waals surface area contributed by atoms with Crippen molar-refractivity contribution >= 4 is 45.8 Å². The first kappa shape index (κ1) is 13.7. The monoisotopic (exact) mass is 374 g/mol. The number of halogens is 1. The second-order valence-corrected chi connectivity index (χ2v) is 6.07. The van der Waals surface area contributed by atoms with E-state index >= 15 is 0 Å². The first-order valence-corrected chi connectivity index (χ1v) is 7.51. The number of rotatable bonds is 2. The molecular weight excluding hydrogens is 359 g/mol. The summed E-state index contributed by atoms with van der Waals surface area (Å²) >= 11 is 7.34. The fourth-order valence-electron chi connectivity index (χ4n) is 2.10. The molecule has 1 aromatic carbocycles. The molecule has 1 fully saturated rings. The lowest BCUT2D eigenvalue weighted by Gasteiger charge is -2.14. The second kappa shape index (κ2) is 6.47. The van der Waals surface area contributed by atoms with Gasteiger partial charge in [-0.2, -0.15) is 0 Å². The zero-order valence-electron chi connectivity index (χ0n) is 9.91. The molecule has 0 saturated heterocycles. The second-order valence-electron chi connectivity index (χ2n) is 4.42. The Balaban J connectivity index is 1.88. The molecule has 0 radical (unpaired) electrons. The first-order valence-electron chi connectivity index (χ1n) is 6.02. The molecule has 1 saturated carbocycles. The molecule has 1 aliphatic carbocycles. The number of thiocarbonyl (C=S) groups is 1. The van der Waals surface area contributed by atoms with Gasteiger partial charge in [0.25, 0.3) is 5.91 Å². The van der Waals surface area contributed by atoms with Gasteiger partial charge in [-0.3, -0.25) is 10.1 Å². The summed E-state index contributed by atoms with van der Waals surface area (Å²) in [7, 11) is 0. The van der Waals surface area contributed by atoms with Crippen molar-refractivity contribution in [3.63, 3.8) is 0 Å². The third-order valence-corrected chi connectivity index (χ3v) is 3.90. The summed E-state index contributed by atoms with van der Waals surface area (Å²) in [4.78, 5) is 11.9. The highest BCUT2D eigenvalue weighted by Crippen LogP contribution is 2.17. The zero-order chi connectivity index (χ0) is 13.0. The smallest absolute Gasteiger partial charge is 0.257 e. The molecule has 0 bridgehead atoms.